The topological polar surface area (TPSA) is 49.3 Å². The van der Waals surface area contributed by atoms with Crippen molar-refractivity contribution in [1.82, 2.24) is 15.6 Å². The molecule has 0 aliphatic carbocycles. The van der Waals surface area contributed by atoms with Gasteiger partial charge in [-0.05, 0) is 24.5 Å². The van der Waals surface area contributed by atoms with Crippen molar-refractivity contribution in [3.63, 3.8) is 0 Å². The normalized spacial score (nSPS) is 11.0. The Morgan fingerprint density at radius 2 is 1.95 bits per heavy atom. The van der Waals surface area contributed by atoms with E-state index in [0.29, 0.717) is 6.54 Å². The molecule has 2 aromatic rings. The van der Waals surface area contributed by atoms with Crippen molar-refractivity contribution < 1.29 is 0 Å². The summed E-state index contributed by atoms with van der Waals surface area (Å²) in [5.74, 6) is 0.796. The van der Waals surface area contributed by atoms with Crippen molar-refractivity contribution >= 4 is 41.3 Å². The molecule has 120 valence electrons. The third kappa shape index (κ3) is 5.57. The summed E-state index contributed by atoms with van der Waals surface area (Å²) in [7, 11) is 1.78. The lowest BCUT2D eigenvalue weighted by Crippen LogP contribution is -2.36. The van der Waals surface area contributed by atoms with E-state index in [1.807, 2.05) is 0 Å². The summed E-state index contributed by atoms with van der Waals surface area (Å²) in [6, 6.07) is 8.36. The average Bonchev–Trinajstić information content (AvgIpc) is 2.97. The number of hydrogen-bond donors (Lipinski definition) is 2. The van der Waals surface area contributed by atoms with Crippen LogP contribution in [-0.4, -0.2) is 18.0 Å². The van der Waals surface area contributed by atoms with Crippen molar-refractivity contribution in [3.05, 3.63) is 51.5 Å². The van der Waals surface area contributed by atoms with Gasteiger partial charge in [0, 0.05) is 19.0 Å². The fourth-order valence-corrected chi connectivity index (χ4v) is 2.72. The lowest BCUT2D eigenvalue weighted by atomic mass is 10.1. The van der Waals surface area contributed by atoms with E-state index in [-0.39, 0.29) is 24.0 Å². The summed E-state index contributed by atoms with van der Waals surface area (Å²) < 4.78 is 0. The molecule has 1 aromatic heterocycles. The van der Waals surface area contributed by atoms with E-state index in [9.17, 15) is 0 Å². The second kappa shape index (κ2) is 9.78. The molecule has 0 atom stereocenters. The maximum Gasteiger partial charge on any atom is 0.191 e. The summed E-state index contributed by atoms with van der Waals surface area (Å²) in [6.45, 7) is 5.71. The van der Waals surface area contributed by atoms with Crippen LogP contribution in [0.25, 0.3) is 0 Å². The van der Waals surface area contributed by atoms with Crippen LogP contribution in [0.3, 0.4) is 0 Å². The Morgan fingerprint density at radius 3 is 2.59 bits per heavy atom. The summed E-state index contributed by atoms with van der Waals surface area (Å²) >= 11 is 1.71. The molecule has 1 heterocycles. The SMILES string of the molecule is CCc1nc(CNC(=NC)NCc2ccccc2C)cs1.I. The number of hydrogen-bond acceptors (Lipinski definition) is 3. The molecule has 0 radical (unpaired) electrons. The van der Waals surface area contributed by atoms with Gasteiger partial charge in [-0.3, -0.25) is 4.99 Å². The molecule has 0 saturated carbocycles. The zero-order chi connectivity index (χ0) is 15.1. The van der Waals surface area contributed by atoms with Crippen molar-refractivity contribution in [2.75, 3.05) is 7.05 Å². The van der Waals surface area contributed by atoms with Gasteiger partial charge in [-0.2, -0.15) is 0 Å². The Bertz CT molecular complexity index is 610. The molecule has 22 heavy (non-hydrogen) atoms. The zero-order valence-electron chi connectivity index (χ0n) is 13.2. The summed E-state index contributed by atoms with van der Waals surface area (Å²) in [5.41, 5.74) is 3.63. The number of aromatic nitrogens is 1. The highest BCUT2D eigenvalue weighted by Gasteiger charge is 2.03. The highest BCUT2D eigenvalue weighted by Crippen LogP contribution is 2.09. The van der Waals surface area contributed by atoms with Gasteiger partial charge in [-0.1, -0.05) is 31.2 Å². The minimum atomic E-state index is 0. The number of aliphatic imine (C=N–C) groups is 1. The molecule has 0 saturated heterocycles. The molecule has 0 fully saturated rings. The Morgan fingerprint density at radius 1 is 1.23 bits per heavy atom. The first-order valence-electron chi connectivity index (χ1n) is 7.15. The van der Waals surface area contributed by atoms with Gasteiger partial charge in [0.15, 0.2) is 5.96 Å². The predicted molar refractivity (Wildman–Crippen MR) is 105 cm³/mol. The highest BCUT2D eigenvalue weighted by atomic mass is 127. The number of aryl methyl sites for hydroxylation is 2. The largest absolute Gasteiger partial charge is 0.352 e. The van der Waals surface area contributed by atoms with Crippen LogP contribution in [0.2, 0.25) is 0 Å². The number of benzene rings is 1. The summed E-state index contributed by atoms with van der Waals surface area (Å²) in [4.78, 5) is 8.79. The number of nitrogens with one attached hydrogen (secondary N) is 2. The van der Waals surface area contributed by atoms with Gasteiger partial charge in [0.25, 0.3) is 0 Å². The van der Waals surface area contributed by atoms with E-state index >= 15 is 0 Å². The Kier molecular flexibility index (Phi) is 8.40. The number of nitrogens with zero attached hydrogens (tertiary/aromatic N) is 2. The van der Waals surface area contributed by atoms with Crippen LogP contribution >= 0.6 is 35.3 Å². The minimum Gasteiger partial charge on any atom is -0.352 e. The van der Waals surface area contributed by atoms with Crippen LogP contribution in [0.15, 0.2) is 34.6 Å². The van der Waals surface area contributed by atoms with Crippen LogP contribution in [0, 0.1) is 6.92 Å². The first kappa shape index (κ1) is 18.9. The standard InChI is InChI=1S/C16H22N4S.HI/c1-4-15-20-14(11-21-15)10-19-16(17-3)18-9-13-8-6-5-7-12(13)2;/h5-8,11H,4,9-10H2,1-3H3,(H2,17,18,19);1H. The average molecular weight is 430 g/mol. The van der Waals surface area contributed by atoms with Gasteiger partial charge in [0.1, 0.15) is 0 Å². The fourth-order valence-electron chi connectivity index (χ4n) is 1.97. The van der Waals surface area contributed by atoms with Crippen LogP contribution in [0.1, 0.15) is 28.8 Å². The Balaban J connectivity index is 0.00000242. The Labute approximate surface area is 153 Å². The molecule has 0 bridgehead atoms. The first-order chi connectivity index (χ1) is 10.2. The molecule has 2 rings (SSSR count). The highest BCUT2D eigenvalue weighted by molar-refractivity contribution is 14.0. The van der Waals surface area contributed by atoms with Gasteiger partial charge in [-0.15, -0.1) is 35.3 Å². The predicted octanol–water partition coefficient (Wildman–Crippen LogP) is 3.50. The molecule has 0 unspecified atom stereocenters. The van der Waals surface area contributed by atoms with Crippen LogP contribution in [0.4, 0.5) is 0 Å². The van der Waals surface area contributed by atoms with Gasteiger partial charge in [-0.25, -0.2) is 4.98 Å². The summed E-state index contributed by atoms with van der Waals surface area (Å²) in [6.07, 6.45) is 0.991. The zero-order valence-corrected chi connectivity index (χ0v) is 16.4. The molecule has 2 N–H and O–H groups in total. The third-order valence-corrected chi connectivity index (χ3v) is 4.31. The molecule has 6 heteroatoms. The van der Waals surface area contributed by atoms with Gasteiger partial charge < -0.3 is 10.6 Å². The molecule has 0 aliphatic heterocycles. The van der Waals surface area contributed by atoms with Crippen LogP contribution in [0.5, 0.6) is 0 Å². The molecule has 0 amide bonds. The minimum absolute atomic E-state index is 0. The lowest BCUT2D eigenvalue weighted by Gasteiger charge is -2.12. The van der Waals surface area contributed by atoms with Gasteiger partial charge in [0.05, 0.1) is 17.2 Å². The van der Waals surface area contributed by atoms with E-state index in [4.69, 9.17) is 0 Å². The van der Waals surface area contributed by atoms with Crippen molar-refractivity contribution in [2.45, 2.75) is 33.4 Å². The van der Waals surface area contributed by atoms with Crippen molar-refractivity contribution in [1.29, 1.82) is 0 Å². The van der Waals surface area contributed by atoms with E-state index in [2.05, 4.69) is 64.1 Å². The first-order valence-corrected chi connectivity index (χ1v) is 8.03. The number of halogens is 1. The number of guanidine groups is 1. The summed E-state index contributed by atoms with van der Waals surface area (Å²) in [5, 5.41) is 9.90. The lowest BCUT2D eigenvalue weighted by molar-refractivity contribution is 0.793. The van der Waals surface area contributed by atoms with Gasteiger partial charge in [0.2, 0.25) is 0 Å². The second-order valence-corrected chi connectivity index (χ2v) is 5.73. The molecular formula is C16H23IN4S. The maximum absolute atomic E-state index is 4.54. The van der Waals surface area contributed by atoms with E-state index in [1.54, 1.807) is 18.4 Å². The van der Waals surface area contributed by atoms with Crippen molar-refractivity contribution in [2.24, 2.45) is 4.99 Å². The quantitative estimate of drug-likeness (QED) is 0.434. The molecule has 0 aliphatic rings. The van der Waals surface area contributed by atoms with E-state index in [0.717, 1.165) is 24.6 Å². The van der Waals surface area contributed by atoms with E-state index < -0.39 is 0 Å². The molecule has 1 aromatic carbocycles. The number of thiazole rings is 1. The van der Waals surface area contributed by atoms with Gasteiger partial charge >= 0.3 is 0 Å². The van der Waals surface area contributed by atoms with Crippen molar-refractivity contribution in [3.8, 4) is 0 Å². The Hall–Kier alpha value is -1.15. The fraction of sp³-hybridized carbons (Fsp3) is 0.375. The molecule has 4 nitrogen and oxygen atoms in total. The van der Waals surface area contributed by atoms with E-state index in [1.165, 1.54) is 16.1 Å². The van der Waals surface area contributed by atoms with Crippen LogP contribution in [-0.2, 0) is 19.5 Å². The molecular weight excluding hydrogens is 407 g/mol. The monoisotopic (exact) mass is 430 g/mol. The smallest absolute Gasteiger partial charge is 0.191 e. The maximum atomic E-state index is 4.54. The van der Waals surface area contributed by atoms with Crippen LogP contribution < -0.4 is 10.6 Å². The second-order valence-electron chi connectivity index (χ2n) is 4.79. The third-order valence-electron chi connectivity index (χ3n) is 3.27. The molecule has 0 spiro atoms. The number of rotatable bonds is 5.